The first-order chi connectivity index (χ1) is 9.16. The summed E-state index contributed by atoms with van der Waals surface area (Å²) < 4.78 is 0. The van der Waals surface area contributed by atoms with Gasteiger partial charge in [0.25, 0.3) is 0 Å². The van der Waals surface area contributed by atoms with Crippen LogP contribution in [-0.2, 0) is 6.54 Å². The maximum Gasteiger partial charge on any atom is 0.0406 e. The molecule has 0 aliphatic carbocycles. The van der Waals surface area contributed by atoms with E-state index >= 15 is 0 Å². The van der Waals surface area contributed by atoms with E-state index < -0.39 is 0 Å². The third-order valence-electron chi connectivity index (χ3n) is 3.14. The van der Waals surface area contributed by atoms with Gasteiger partial charge in [-0.15, -0.1) is 0 Å². The van der Waals surface area contributed by atoms with Gasteiger partial charge in [-0.25, -0.2) is 0 Å². The van der Waals surface area contributed by atoms with Gasteiger partial charge in [-0.1, -0.05) is 43.6 Å². The van der Waals surface area contributed by atoms with E-state index in [4.69, 9.17) is 11.6 Å². The highest BCUT2D eigenvalue weighted by Gasteiger charge is 2.14. The van der Waals surface area contributed by atoms with Crippen molar-refractivity contribution in [2.24, 2.45) is 5.92 Å². The van der Waals surface area contributed by atoms with Crippen molar-refractivity contribution in [1.82, 2.24) is 10.3 Å². The molecule has 100 valence electrons. The molecule has 2 aromatic rings. The second-order valence-corrected chi connectivity index (χ2v) is 5.45. The average Bonchev–Trinajstić information content (AvgIpc) is 2.42. The average molecular weight is 275 g/mol. The first-order valence-corrected chi connectivity index (χ1v) is 6.92. The quantitative estimate of drug-likeness (QED) is 0.883. The predicted octanol–water partition coefficient (Wildman–Crippen LogP) is 4.22. The fourth-order valence-corrected chi connectivity index (χ4v) is 2.27. The van der Waals surface area contributed by atoms with Gasteiger partial charge in [0.15, 0.2) is 0 Å². The monoisotopic (exact) mass is 274 g/mol. The fourth-order valence-electron chi connectivity index (χ4n) is 2.14. The molecule has 1 heterocycles. The molecule has 0 saturated heterocycles. The summed E-state index contributed by atoms with van der Waals surface area (Å²) >= 11 is 5.94. The normalized spacial score (nSPS) is 12.6. The van der Waals surface area contributed by atoms with Gasteiger partial charge in [-0.05, 0) is 35.2 Å². The largest absolute Gasteiger partial charge is 0.306 e. The number of nitrogens with one attached hydrogen (secondary N) is 1. The van der Waals surface area contributed by atoms with Gasteiger partial charge in [-0.2, -0.15) is 0 Å². The molecule has 0 bridgehead atoms. The Morgan fingerprint density at radius 2 is 1.89 bits per heavy atom. The van der Waals surface area contributed by atoms with E-state index in [-0.39, 0.29) is 0 Å². The molecule has 1 unspecified atom stereocenters. The van der Waals surface area contributed by atoms with Crippen molar-refractivity contribution in [1.29, 1.82) is 0 Å². The van der Waals surface area contributed by atoms with Crippen molar-refractivity contribution in [2.45, 2.75) is 26.4 Å². The molecular weight excluding hydrogens is 256 g/mol. The second-order valence-electron chi connectivity index (χ2n) is 5.02. The minimum Gasteiger partial charge on any atom is -0.306 e. The minimum atomic E-state index is 0.317. The van der Waals surface area contributed by atoms with Crippen LogP contribution in [0.3, 0.4) is 0 Å². The number of rotatable bonds is 5. The lowest BCUT2D eigenvalue weighted by Crippen LogP contribution is -2.25. The summed E-state index contributed by atoms with van der Waals surface area (Å²) in [4.78, 5) is 4.13. The van der Waals surface area contributed by atoms with E-state index in [1.165, 1.54) is 11.1 Å². The lowest BCUT2D eigenvalue weighted by atomic mass is 9.96. The van der Waals surface area contributed by atoms with Crippen LogP contribution in [0.4, 0.5) is 0 Å². The third-order valence-corrected chi connectivity index (χ3v) is 3.40. The molecule has 19 heavy (non-hydrogen) atoms. The SMILES string of the molecule is CC(C)C(NCc1cccnc1)c1ccc(Cl)cc1. The zero-order valence-corrected chi connectivity index (χ0v) is 12.1. The Kier molecular flexibility index (Phi) is 4.94. The van der Waals surface area contributed by atoms with Crippen molar-refractivity contribution >= 4 is 11.6 Å². The van der Waals surface area contributed by atoms with Gasteiger partial charge in [0.1, 0.15) is 0 Å². The summed E-state index contributed by atoms with van der Waals surface area (Å²) in [6.07, 6.45) is 3.69. The Balaban J connectivity index is 2.06. The number of benzene rings is 1. The summed E-state index contributed by atoms with van der Waals surface area (Å²) in [7, 11) is 0. The lowest BCUT2D eigenvalue weighted by Gasteiger charge is -2.23. The van der Waals surface area contributed by atoms with E-state index in [2.05, 4.69) is 42.3 Å². The van der Waals surface area contributed by atoms with E-state index in [0.717, 1.165) is 11.6 Å². The number of nitrogens with zero attached hydrogens (tertiary/aromatic N) is 1. The Morgan fingerprint density at radius 1 is 1.16 bits per heavy atom. The van der Waals surface area contributed by atoms with E-state index in [1.807, 2.05) is 24.4 Å². The summed E-state index contributed by atoms with van der Waals surface area (Å²) in [5, 5.41) is 4.36. The molecule has 0 radical (unpaired) electrons. The Labute approximate surface area is 119 Å². The van der Waals surface area contributed by atoms with E-state index in [9.17, 15) is 0 Å². The van der Waals surface area contributed by atoms with Crippen LogP contribution < -0.4 is 5.32 Å². The van der Waals surface area contributed by atoms with Crippen molar-refractivity contribution in [3.63, 3.8) is 0 Å². The third kappa shape index (κ3) is 4.05. The summed E-state index contributed by atoms with van der Waals surface area (Å²) in [5.41, 5.74) is 2.46. The van der Waals surface area contributed by atoms with Crippen molar-refractivity contribution in [3.8, 4) is 0 Å². The van der Waals surface area contributed by atoms with Gasteiger partial charge in [0.2, 0.25) is 0 Å². The highest BCUT2D eigenvalue weighted by molar-refractivity contribution is 6.30. The zero-order valence-electron chi connectivity index (χ0n) is 11.3. The molecule has 1 N–H and O–H groups in total. The number of hydrogen-bond acceptors (Lipinski definition) is 2. The van der Waals surface area contributed by atoms with Crippen LogP contribution >= 0.6 is 11.6 Å². The molecular formula is C16H19ClN2. The van der Waals surface area contributed by atoms with Crippen molar-refractivity contribution in [2.75, 3.05) is 0 Å². The smallest absolute Gasteiger partial charge is 0.0406 e. The van der Waals surface area contributed by atoms with E-state index in [0.29, 0.717) is 12.0 Å². The molecule has 0 fully saturated rings. The molecule has 1 aromatic heterocycles. The molecule has 0 amide bonds. The maximum atomic E-state index is 5.94. The van der Waals surface area contributed by atoms with Gasteiger partial charge >= 0.3 is 0 Å². The zero-order chi connectivity index (χ0) is 13.7. The molecule has 0 aliphatic rings. The van der Waals surface area contributed by atoms with Crippen LogP contribution in [0.25, 0.3) is 0 Å². The highest BCUT2D eigenvalue weighted by Crippen LogP contribution is 2.23. The van der Waals surface area contributed by atoms with Gasteiger partial charge in [0, 0.05) is 30.0 Å². The van der Waals surface area contributed by atoms with Gasteiger partial charge in [0.05, 0.1) is 0 Å². The van der Waals surface area contributed by atoms with Crippen LogP contribution in [-0.4, -0.2) is 4.98 Å². The molecule has 0 spiro atoms. The Morgan fingerprint density at radius 3 is 2.47 bits per heavy atom. The van der Waals surface area contributed by atoms with Crippen LogP contribution in [0.5, 0.6) is 0 Å². The van der Waals surface area contributed by atoms with Crippen LogP contribution in [0, 0.1) is 5.92 Å². The summed E-state index contributed by atoms with van der Waals surface area (Å²) in [6.45, 7) is 5.25. The van der Waals surface area contributed by atoms with E-state index in [1.54, 1.807) is 6.20 Å². The minimum absolute atomic E-state index is 0.317. The van der Waals surface area contributed by atoms with Crippen LogP contribution in [0.15, 0.2) is 48.8 Å². The standard InChI is InChI=1S/C16H19ClN2/c1-12(2)16(14-5-7-15(17)8-6-14)19-11-13-4-3-9-18-10-13/h3-10,12,16,19H,11H2,1-2H3. The van der Waals surface area contributed by atoms with Gasteiger partial charge < -0.3 is 5.32 Å². The van der Waals surface area contributed by atoms with Crippen LogP contribution in [0.2, 0.25) is 5.02 Å². The Bertz CT molecular complexity index is 494. The topological polar surface area (TPSA) is 24.9 Å². The Hall–Kier alpha value is -1.38. The fraction of sp³-hybridized carbons (Fsp3) is 0.312. The number of hydrogen-bond donors (Lipinski definition) is 1. The highest BCUT2D eigenvalue weighted by atomic mass is 35.5. The molecule has 2 rings (SSSR count). The summed E-state index contributed by atoms with van der Waals surface area (Å²) in [6, 6.07) is 12.4. The summed E-state index contributed by atoms with van der Waals surface area (Å²) in [5.74, 6) is 0.512. The molecule has 2 nitrogen and oxygen atoms in total. The molecule has 0 saturated carbocycles. The molecule has 1 aromatic carbocycles. The number of halogens is 1. The predicted molar refractivity (Wildman–Crippen MR) is 80.1 cm³/mol. The number of pyridine rings is 1. The maximum absolute atomic E-state index is 5.94. The first kappa shape index (κ1) is 14.0. The lowest BCUT2D eigenvalue weighted by molar-refractivity contribution is 0.410. The second kappa shape index (κ2) is 6.69. The van der Waals surface area contributed by atoms with Crippen molar-refractivity contribution < 1.29 is 0 Å². The van der Waals surface area contributed by atoms with Crippen LogP contribution in [0.1, 0.15) is 31.0 Å². The van der Waals surface area contributed by atoms with Crippen molar-refractivity contribution in [3.05, 3.63) is 64.9 Å². The van der Waals surface area contributed by atoms with Gasteiger partial charge in [-0.3, -0.25) is 4.98 Å². The molecule has 0 aliphatic heterocycles. The molecule has 3 heteroatoms. The number of aromatic nitrogens is 1. The molecule has 1 atom stereocenters. The first-order valence-electron chi connectivity index (χ1n) is 6.54.